The Bertz CT molecular complexity index is 219. The molecule has 16 heavy (non-hydrogen) atoms. The zero-order chi connectivity index (χ0) is 11.8. The Labute approximate surface area is 103 Å². The molecule has 0 aromatic heterocycles. The topological polar surface area (TPSA) is 33.6 Å². The molecule has 1 aliphatic heterocycles. The van der Waals surface area contributed by atoms with Crippen LogP contribution in [0.25, 0.3) is 0 Å². The lowest BCUT2D eigenvalue weighted by Gasteiger charge is -2.24. The molecule has 0 radical (unpaired) electrons. The van der Waals surface area contributed by atoms with Gasteiger partial charge < -0.3 is 10.1 Å². The van der Waals surface area contributed by atoms with Gasteiger partial charge >= 0.3 is 0 Å². The van der Waals surface area contributed by atoms with Crippen LogP contribution in [0.5, 0.6) is 0 Å². The van der Waals surface area contributed by atoms with Crippen LogP contribution in [0.2, 0.25) is 0 Å². The maximum absolute atomic E-state index is 5.50. The highest BCUT2D eigenvalue weighted by molar-refractivity contribution is 8.13. The summed E-state index contributed by atoms with van der Waals surface area (Å²) in [6.07, 6.45) is 2.44. The smallest absolute Gasteiger partial charge is 0.156 e. The molecule has 0 aromatic rings. The van der Waals surface area contributed by atoms with Crippen LogP contribution in [-0.4, -0.2) is 36.7 Å². The molecule has 1 heterocycles. The van der Waals surface area contributed by atoms with E-state index in [1.54, 1.807) is 0 Å². The lowest BCUT2D eigenvalue weighted by atomic mass is 10.2. The Morgan fingerprint density at radius 3 is 3.06 bits per heavy atom. The van der Waals surface area contributed by atoms with Crippen LogP contribution in [0.3, 0.4) is 0 Å². The van der Waals surface area contributed by atoms with E-state index in [1.165, 1.54) is 18.6 Å². The van der Waals surface area contributed by atoms with Gasteiger partial charge in [0.2, 0.25) is 0 Å². The Hall–Kier alpha value is -0.220. The summed E-state index contributed by atoms with van der Waals surface area (Å²) in [4.78, 5) is 4.52. The number of ether oxygens (including phenoxy) is 1. The number of hydrogen-bond acceptors (Lipinski definition) is 3. The summed E-state index contributed by atoms with van der Waals surface area (Å²) in [5.74, 6) is 1.80. The minimum absolute atomic E-state index is 0.610. The van der Waals surface area contributed by atoms with Crippen molar-refractivity contribution in [1.82, 2.24) is 5.32 Å². The molecule has 1 saturated heterocycles. The van der Waals surface area contributed by atoms with Crippen LogP contribution in [0, 0.1) is 5.92 Å². The third-order valence-electron chi connectivity index (χ3n) is 2.47. The maximum Gasteiger partial charge on any atom is 0.156 e. The average molecular weight is 244 g/mol. The first kappa shape index (κ1) is 13.8. The predicted molar refractivity (Wildman–Crippen MR) is 72.2 cm³/mol. The van der Waals surface area contributed by atoms with Crippen molar-refractivity contribution in [3.8, 4) is 0 Å². The molecule has 0 aromatic carbocycles. The van der Waals surface area contributed by atoms with Crippen molar-refractivity contribution in [2.24, 2.45) is 10.9 Å². The van der Waals surface area contributed by atoms with E-state index in [-0.39, 0.29) is 0 Å². The van der Waals surface area contributed by atoms with Gasteiger partial charge in [0.1, 0.15) is 0 Å². The summed E-state index contributed by atoms with van der Waals surface area (Å²) in [6.45, 7) is 8.89. The molecule has 0 amide bonds. The van der Waals surface area contributed by atoms with Crippen LogP contribution >= 0.6 is 11.8 Å². The summed E-state index contributed by atoms with van der Waals surface area (Å²) in [5.41, 5.74) is 0. The van der Waals surface area contributed by atoms with Crippen molar-refractivity contribution < 1.29 is 4.74 Å². The highest BCUT2D eigenvalue weighted by Crippen LogP contribution is 2.15. The average Bonchev–Trinajstić information content (AvgIpc) is 2.28. The summed E-state index contributed by atoms with van der Waals surface area (Å²) < 4.78 is 5.50. The number of thioether (sulfide) groups is 1. The SMILES string of the molecule is CCC1CCSC(=NCCOCC(C)C)N1. The van der Waals surface area contributed by atoms with Crippen molar-refractivity contribution in [3.05, 3.63) is 0 Å². The van der Waals surface area contributed by atoms with Crippen molar-refractivity contribution in [1.29, 1.82) is 0 Å². The third kappa shape index (κ3) is 5.75. The van der Waals surface area contributed by atoms with Gasteiger partial charge in [0, 0.05) is 18.4 Å². The first-order chi connectivity index (χ1) is 7.72. The lowest BCUT2D eigenvalue weighted by molar-refractivity contribution is 0.117. The molecule has 0 saturated carbocycles. The Balaban J connectivity index is 2.13. The number of amidine groups is 1. The van der Waals surface area contributed by atoms with Crippen LogP contribution in [-0.2, 0) is 4.74 Å². The number of nitrogens with zero attached hydrogens (tertiary/aromatic N) is 1. The van der Waals surface area contributed by atoms with Crippen LogP contribution in [0.15, 0.2) is 4.99 Å². The molecule has 0 spiro atoms. The molecule has 1 rings (SSSR count). The quantitative estimate of drug-likeness (QED) is 0.729. The largest absolute Gasteiger partial charge is 0.379 e. The second-order valence-corrected chi connectivity index (χ2v) is 5.63. The molecule has 1 N–H and O–H groups in total. The Kier molecular flexibility index (Phi) is 6.88. The van der Waals surface area contributed by atoms with Gasteiger partial charge in [-0.2, -0.15) is 0 Å². The van der Waals surface area contributed by atoms with E-state index in [0.29, 0.717) is 12.0 Å². The summed E-state index contributed by atoms with van der Waals surface area (Å²) in [5, 5.41) is 4.56. The third-order valence-corrected chi connectivity index (χ3v) is 3.43. The van der Waals surface area contributed by atoms with Crippen molar-refractivity contribution >= 4 is 16.9 Å². The fourth-order valence-corrected chi connectivity index (χ4v) is 2.54. The van der Waals surface area contributed by atoms with Gasteiger partial charge in [-0.25, -0.2) is 0 Å². The number of hydrogen-bond donors (Lipinski definition) is 1. The van der Waals surface area contributed by atoms with Crippen LogP contribution in [0.4, 0.5) is 0 Å². The molecule has 94 valence electrons. The standard InChI is InChI=1S/C12H24N2OS/c1-4-11-5-8-16-12(14-11)13-6-7-15-9-10(2)3/h10-11H,4-9H2,1-3H3,(H,13,14). The maximum atomic E-state index is 5.50. The molecule has 3 nitrogen and oxygen atoms in total. The second-order valence-electron chi connectivity index (χ2n) is 4.54. The highest BCUT2D eigenvalue weighted by atomic mass is 32.2. The summed E-state index contributed by atoms with van der Waals surface area (Å²) in [6, 6.07) is 0.622. The zero-order valence-corrected chi connectivity index (χ0v) is 11.5. The monoisotopic (exact) mass is 244 g/mol. The first-order valence-corrected chi connectivity index (χ1v) is 7.22. The van der Waals surface area contributed by atoms with Crippen molar-refractivity contribution in [3.63, 3.8) is 0 Å². The minimum Gasteiger partial charge on any atom is -0.379 e. The molecule has 0 bridgehead atoms. The van der Waals surface area contributed by atoms with Gasteiger partial charge in [0.05, 0.1) is 13.2 Å². The van der Waals surface area contributed by atoms with Gasteiger partial charge in [0.15, 0.2) is 5.17 Å². The van der Waals surface area contributed by atoms with Gasteiger partial charge in [-0.15, -0.1) is 0 Å². The van der Waals surface area contributed by atoms with E-state index < -0.39 is 0 Å². The summed E-state index contributed by atoms with van der Waals surface area (Å²) >= 11 is 1.83. The molecule has 1 atom stereocenters. The first-order valence-electron chi connectivity index (χ1n) is 6.24. The predicted octanol–water partition coefficient (Wildman–Crippen LogP) is 2.52. The van der Waals surface area contributed by atoms with Crippen molar-refractivity contribution in [2.45, 2.75) is 39.7 Å². The van der Waals surface area contributed by atoms with Crippen LogP contribution in [0.1, 0.15) is 33.6 Å². The molecular weight excluding hydrogens is 220 g/mol. The van der Waals surface area contributed by atoms with Gasteiger partial charge in [-0.3, -0.25) is 4.99 Å². The van der Waals surface area contributed by atoms with E-state index in [1.807, 2.05) is 11.8 Å². The summed E-state index contributed by atoms with van der Waals surface area (Å²) in [7, 11) is 0. The van der Waals surface area contributed by atoms with E-state index >= 15 is 0 Å². The van der Waals surface area contributed by atoms with Crippen LogP contribution < -0.4 is 5.32 Å². The fraction of sp³-hybridized carbons (Fsp3) is 0.917. The highest BCUT2D eigenvalue weighted by Gasteiger charge is 2.14. The number of aliphatic imine (C=N–C) groups is 1. The Morgan fingerprint density at radius 1 is 1.56 bits per heavy atom. The number of nitrogens with one attached hydrogen (secondary N) is 1. The number of rotatable bonds is 6. The molecular formula is C12H24N2OS. The fourth-order valence-electron chi connectivity index (χ4n) is 1.51. The van der Waals surface area contributed by atoms with E-state index in [4.69, 9.17) is 4.74 Å². The lowest BCUT2D eigenvalue weighted by Crippen LogP contribution is -2.37. The van der Waals surface area contributed by atoms with Gasteiger partial charge in [-0.05, 0) is 18.8 Å². The van der Waals surface area contributed by atoms with E-state index in [2.05, 4.69) is 31.1 Å². The molecule has 1 unspecified atom stereocenters. The molecule has 1 fully saturated rings. The van der Waals surface area contributed by atoms with E-state index in [9.17, 15) is 0 Å². The molecule has 1 aliphatic rings. The van der Waals surface area contributed by atoms with Gasteiger partial charge in [-0.1, -0.05) is 32.5 Å². The normalized spacial score (nSPS) is 23.8. The minimum atomic E-state index is 0.610. The zero-order valence-electron chi connectivity index (χ0n) is 10.7. The molecule has 4 heteroatoms. The Morgan fingerprint density at radius 2 is 2.38 bits per heavy atom. The second kappa shape index (κ2) is 7.96. The molecule has 0 aliphatic carbocycles. The van der Waals surface area contributed by atoms with E-state index in [0.717, 1.165) is 24.9 Å². The van der Waals surface area contributed by atoms with Crippen molar-refractivity contribution in [2.75, 3.05) is 25.5 Å². The van der Waals surface area contributed by atoms with Gasteiger partial charge in [0.25, 0.3) is 0 Å².